The summed E-state index contributed by atoms with van der Waals surface area (Å²) in [5.74, 6) is 1.05. The van der Waals surface area contributed by atoms with Gasteiger partial charge in [-0.15, -0.1) is 0 Å². The zero-order valence-electron chi connectivity index (χ0n) is 29.8. The molecule has 3 nitrogen and oxygen atoms in total. The van der Waals surface area contributed by atoms with Crippen LogP contribution < -0.4 is 0 Å². The third kappa shape index (κ3) is 7.48. The highest BCUT2D eigenvalue weighted by atomic mass is 35.5. The quantitative estimate of drug-likeness (QED) is 0.157. The largest absolute Gasteiger partial charge is 0.226 e. The van der Waals surface area contributed by atoms with Gasteiger partial charge < -0.3 is 0 Å². The summed E-state index contributed by atoms with van der Waals surface area (Å²) in [7, 11) is 0. The first-order valence-corrected chi connectivity index (χ1v) is 18.7. The standard InChI is InChI=1S/C51H34ClN3/c52-51-54-49(38-28-26-37(27-29-38)41-18-9-21-44(32-41)42-19-7-16-39(30-42)35-12-3-1-4-13-35)53-50(55-51)48-25-11-24-47(34-48)46-23-10-22-45(33-46)43-20-8-17-40(31-43)36-14-5-2-6-15-36/h1-34H. The monoisotopic (exact) mass is 723 g/mol. The van der Waals surface area contributed by atoms with Gasteiger partial charge >= 0.3 is 0 Å². The van der Waals surface area contributed by atoms with E-state index in [1.165, 1.54) is 38.9 Å². The van der Waals surface area contributed by atoms with Gasteiger partial charge in [-0.25, -0.2) is 4.98 Å². The summed E-state index contributed by atoms with van der Waals surface area (Å²) in [4.78, 5) is 14.0. The molecule has 9 aromatic rings. The van der Waals surface area contributed by atoms with Crippen molar-refractivity contribution < 1.29 is 0 Å². The van der Waals surface area contributed by atoms with Gasteiger partial charge in [-0.1, -0.05) is 176 Å². The van der Waals surface area contributed by atoms with Gasteiger partial charge in [0.25, 0.3) is 0 Å². The molecule has 0 amide bonds. The summed E-state index contributed by atoms with van der Waals surface area (Å²) in [5, 5.41) is 0.153. The van der Waals surface area contributed by atoms with Crippen molar-refractivity contribution in [3.05, 3.63) is 212 Å². The van der Waals surface area contributed by atoms with Gasteiger partial charge in [-0.2, -0.15) is 9.97 Å². The molecule has 0 N–H and O–H groups in total. The van der Waals surface area contributed by atoms with Gasteiger partial charge in [-0.05, 0) is 109 Å². The SMILES string of the molecule is Clc1nc(-c2ccc(-c3cccc(-c4cccc(-c5ccccc5)c4)c3)cc2)nc(-c2cccc(-c3cccc(-c4cccc(-c5ccccc5)c4)c3)c2)n1. The second kappa shape index (κ2) is 15.2. The minimum atomic E-state index is 0.153. The molecule has 8 aromatic carbocycles. The lowest BCUT2D eigenvalue weighted by atomic mass is 9.95. The van der Waals surface area contributed by atoms with Crippen LogP contribution in [0, 0.1) is 0 Å². The lowest BCUT2D eigenvalue weighted by Gasteiger charge is -2.10. The van der Waals surface area contributed by atoms with E-state index in [4.69, 9.17) is 16.6 Å². The number of rotatable bonds is 8. The molecule has 1 aromatic heterocycles. The van der Waals surface area contributed by atoms with Crippen LogP contribution >= 0.6 is 11.6 Å². The number of benzene rings is 8. The van der Waals surface area contributed by atoms with E-state index in [2.05, 4.69) is 180 Å². The molecule has 0 bridgehead atoms. The van der Waals surface area contributed by atoms with Crippen LogP contribution in [0.2, 0.25) is 5.28 Å². The summed E-state index contributed by atoms with van der Waals surface area (Å²) in [6.45, 7) is 0. The Hall–Kier alpha value is -6.94. The van der Waals surface area contributed by atoms with E-state index < -0.39 is 0 Å². The summed E-state index contributed by atoms with van der Waals surface area (Å²) >= 11 is 6.54. The Kier molecular flexibility index (Phi) is 9.36. The molecule has 55 heavy (non-hydrogen) atoms. The van der Waals surface area contributed by atoms with Gasteiger partial charge in [0.05, 0.1) is 0 Å². The molecule has 0 saturated carbocycles. The Labute approximate surface area is 326 Å². The molecule has 9 rings (SSSR count). The third-order valence-corrected chi connectivity index (χ3v) is 10.0. The summed E-state index contributed by atoms with van der Waals surface area (Å²) in [6, 6.07) is 72.1. The zero-order chi connectivity index (χ0) is 37.0. The predicted octanol–water partition coefficient (Wildman–Crippen LogP) is 13.9. The van der Waals surface area contributed by atoms with Crippen molar-refractivity contribution in [3.63, 3.8) is 0 Å². The lowest BCUT2D eigenvalue weighted by molar-refractivity contribution is 1.07. The maximum absolute atomic E-state index is 6.54. The molecule has 0 radical (unpaired) electrons. The second-order valence-corrected chi connectivity index (χ2v) is 13.8. The van der Waals surface area contributed by atoms with Gasteiger partial charge in [0.1, 0.15) is 0 Å². The van der Waals surface area contributed by atoms with Crippen molar-refractivity contribution in [1.29, 1.82) is 0 Å². The van der Waals surface area contributed by atoms with Crippen molar-refractivity contribution in [2.45, 2.75) is 0 Å². The fourth-order valence-corrected chi connectivity index (χ4v) is 7.19. The Balaban J connectivity index is 0.968. The van der Waals surface area contributed by atoms with Gasteiger partial charge in [-0.3, -0.25) is 0 Å². The average molecular weight is 724 g/mol. The molecule has 0 aliphatic rings. The van der Waals surface area contributed by atoms with E-state index in [-0.39, 0.29) is 5.28 Å². The Morgan fingerprint density at radius 3 is 0.855 bits per heavy atom. The van der Waals surface area contributed by atoms with Gasteiger partial charge in [0.2, 0.25) is 5.28 Å². The molecule has 0 aliphatic heterocycles. The molecule has 0 fully saturated rings. The molecule has 4 heteroatoms. The Morgan fingerprint density at radius 1 is 0.218 bits per heavy atom. The van der Waals surface area contributed by atoms with Crippen LogP contribution in [0.15, 0.2) is 206 Å². The van der Waals surface area contributed by atoms with Crippen molar-refractivity contribution in [1.82, 2.24) is 15.0 Å². The summed E-state index contributed by atoms with van der Waals surface area (Å²) in [6.07, 6.45) is 0. The van der Waals surface area contributed by atoms with E-state index in [0.29, 0.717) is 11.6 Å². The second-order valence-electron chi connectivity index (χ2n) is 13.5. The average Bonchev–Trinajstić information content (AvgIpc) is 3.27. The van der Waals surface area contributed by atoms with Crippen LogP contribution in [-0.4, -0.2) is 15.0 Å². The highest BCUT2D eigenvalue weighted by Gasteiger charge is 2.12. The van der Waals surface area contributed by atoms with Crippen LogP contribution in [0.5, 0.6) is 0 Å². The molecule has 0 aliphatic carbocycles. The smallest absolute Gasteiger partial charge is 0.208 e. The molecule has 0 spiro atoms. The molecule has 1 heterocycles. The third-order valence-electron chi connectivity index (χ3n) is 9.87. The topological polar surface area (TPSA) is 38.7 Å². The van der Waals surface area contributed by atoms with Crippen LogP contribution in [0.4, 0.5) is 0 Å². The minimum Gasteiger partial charge on any atom is -0.208 e. The fourth-order valence-electron chi connectivity index (χ4n) is 7.03. The summed E-state index contributed by atoms with van der Waals surface area (Å²) < 4.78 is 0. The van der Waals surface area contributed by atoms with E-state index in [9.17, 15) is 0 Å². The predicted molar refractivity (Wildman–Crippen MR) is 228 cm³/mol. The number of hydrogen-bond donors (Lipinski definition) is 0. The molecule has 0 atom stereocenters. The Bertz CT molecular complexity index is 2760. The lowest BCUT2D eigenvalue weighted by Crippen LogP contribution is -1.97. The highest BCUT2D eigenvalue weighted by Crippen LogP contribution is 2.33. The van der Waals surface area contributed by atoms with Crippen molar-refractivity contribution in [3.8, 4) is 89.5 Å². The van der Waals surface area contributed by atoms with Crippen molar-refractivity contribution in [2.24, 2.45) is 0 Å². The maximum Gasteiger partial charge on any atom is 0.226 e. The van der Waals surface area contributed by atoms with Crippen LogP contribution in [0.25, 0.3) is 89.5 Å². The molecular weight excluding hydrogens is 690 g/mol. The van der Waals surface area contributed by atoms with Gasteiger partial charge in [0.15, 0.2) is 11.6 Å². The molecule has 0 unspecified atom stereocenters. The first kappa shape index (κ1) is 33.9. The number of halogens is 1. The van der Waals surface area contributed by atoms with Crippen molar-refractivity contribution >= 4 is 11.6 Å². The van der Waals surface area contributed by atoms with E-state index in [0.717, 1.165) is 38.9 Å². The molecule has 260 valence electrons. The van der Waals surface area contributed by atoms with E-state index in [1.54, 1.807) is 0 Å². The highest BCUT2D eigenvalue weighted by molar-refractivity contribution is 6.28. The van der Waals surface area contributed by atoms with E-state index >= 15 is 0 Å². The van der Waals surface area contributed by atoms with Gasteiger partial charge in [0, 0.05) is 11.1 Å². The molecule has 0 saturated heterocycles. The normalized spacial score (nSPS) is 11.0. The maximum atomic E-state index is 6.54. The van der Waals surface area contributed by atoms with Crippen LogP contribution in [0.1, 0.15) is 0 Å². The number of nitrogens with zero attached hydrogens (tertiary/aromatic N) is 3. The van der Waals surface area contributed by atoms with Crippen LogP contribution in [0.3, 0.4) is 0 Å². The summed E-state index contributed by atoms with van der Waals surface area (Å²) in [5.41, 5.74) is 15.6. The van der Waals surface area contributed by atoms with Crippen molar-refractivity contribution in [2.75, 3.05) is 0 Å². The van der Waals surface area contributed by atoms with Crippen LogP contribution in [-0.2, 0) is 0 Å². The zero-order valence-corrected chi connectivity index (χ0v) is 30.6. The minimum absolute atomic E-state index is 0.153. The first-order chi connectivity index (χ1) is 27.1. The Morgan fingerprint density at radius 2 is 0.473 bits per heavy atom. The molecular formula is C51H34ClN3. The van der Waals surface area contributed by atoms with E-state index in [1.807, 2.05) is 36.4 Å². The number of aromatic nitrogens is 3. The first-order valence-electron chi connectivity index (χ1n) is 18.3. The fraction of sp³-hybridized carbons (Fsp3) is 0. The number of hydrogen-bond acceptors (Lipinski definition) is 3.